The van der Waals surface area contributed by atoms with Crippen molar-refractivity contribution in [3.63, 3.8) is 0 Å². The molecule has 138 valence electrons. The van der Waals surface area contributed by atoms with E-state index >= 15 is 0 Å². The van der Waals surface area contributed by atoms with Crippen LogP contribution in [0.3, 0.4) is 0 Å². The van der Waals surface area contributed by atoms with Crippen LogP contribution in [0.2, 0.25) is 0 Å². The van der Waals surface area contributed by atoms with Crippen LogP contribution >= 0.6 is 0 Å². The number of anilines is 1. The van der Waals surface area contributed by atoms with Crippen molar-refractivity contribution in [2.45, 2.75) is 40.5 Å². The highest BCUT2D eigenvalue weighted by Gasteiger charge is 2.13. The Hall–Kier alpha value is -3.22. The van der Waals surface area contributed by atoms with Crippen LogP contribution in [0.1, 0.15) is 35.0 Å². The zero-order valence-electron chi connectivity index (χ0n) is 15.8. The summed E-state index contributed by atoms with van der Waals surface area (Å²) in [6.45, 7) is 7.74. The number of nitrogens with one attached hydrogen (secondary N) is 1. The van der Waals surface area contributed by atoms with Crippen molar-refractivity contribution in [3.05, 3.63) is 52.8 Å². The first kappa shape index (κ1) is 17.2. The molecule has 1 aromatic carbocycles. The first-order valence-electron chi connectivity index (χ1n) is 8.90. The molecule has 27 heavy (non-hydrogen) atoms. The smallest absolute Gasteiger partial charge is 0.224 e. The maximum Gasteiger partial charge on any atom is 0.224 e. The van der Waals surface area contributed by atoms with Gasteiger partial charge in [-0.25, -0.2) is 14.5 Å². The lowest BCUT2D eigenvalue weighted by molar-refractivity contribution is -0.116. The summed E-state index contributed by atoms with van der Waals surface area (Å²) in [5.41, 5.74) is 6.95. The van der Waals surface area contributed by atoms with E-state index in [0.717, 1.165) is 33.8 Å². The van der Waals surface area contributed by atoms with Crippen molar-refractivity contribution in [2.24, 2.45) is 0 Å². The predicted octanol–water partition coefficient (Wildman–Crippen LogP) is 3.68. The molecule has 4 rings (SSSR count). The number of oxazole rings is 1. The SMILES string of the molecule is Cc1cc2nc(C)c(CCC(=O)Nc3ccc4oc(C)nc4c3)c(C)n2n1. The van der Waals surface area contributed by atoms with Crippen molar-refractivity contribution in [2.75, 3.05) is 5.32 Å². The van der Waals surface area contributed by atoms with Gasteiger partial charge in [-0.3, -0.25) is 4.79 Å². The van der Waals surface area contributed by atoms with E-state index < -0.39 is 0 Å². The number of benzene rings is 1. The quantitative estimate of drug-likeness (QED) is 0.598. The number of carbonyl (C=O) groups excluding carboxylic acids is 1. The van der Waals surface area contributed by atoms with Gasteiger partial charge in [0.1, 0.15) is 5.52 Å². The molecular weight excluding hydrogens is 342 g/mol. The van der Waals surface area contributed by atoms with Crippen LogP contribution in [0, 0.1) is 27.7 Å². The number of amides is 1. The fourth-order valence-electron chi connectivity index (χ4n) is 3.39. The Morgan fingerprint density at radius 1 is 1.15 bits per heavy atom. The van der Waals surface area contributed by atoms with Gasteiger partial charge in [0.15, 0.2) is 17.1 Å². The molecular formula is C20H21N5O2. The van der Waals surface area contributed by atoms with Crippen LogP contribution in [0.5, 0.6) is 0 Å². The topological polar surface area (TPSA) is 85.3 Å². The van der Waals surface area contributed by atoms with Crippen molar-refractivity contribution >= 4 is 28.3 Å². The molecule has 0 unspecified atom stereocenters. The molecule has 0 atom stereocenters. The average molecular weight is 363 g/mol. The fourth-order valence-corrected chi connectivity index (χ4v) is 3.39. The highest BCUT2D eigenvalue weighted by Crippen LogP contribution is 2.21. The minimum Gasteiger partial charge on any atom is -0.441 e. The molecule has 0 saturated carbocycles. The van der Waals surface area contributed by atoms with Gasteiger partial charge in [0.2, 0.25) is 5.91 Å². The largest absolute Gasteiger partial charge is 0.441 e. The lowest BCUT2D eigenvalue weighted by atomic mass is 10.1. The van der Waals surface area contributed by atoms with Gasteiger partial charge in [-0.05, 0) is 51.0 Å². The Morgan fingerprint density at radius 2 is 1.96 bits per heavy atom. The molecule has 7 heteroatoms. The van der Waals surface area contributed by atoms with Crippen molar-refractivity contribution in [1.82, 2.24) is 19.6 Å². The molecule has 3 heterocycles. The van der Waals surface area contributed by atoms with E-state index in [1.807, 2.05) is 49.6 Å². The van der Waals surface area contributed by atoms with Gasteiger partial charge < -0.3 is 9.73 Å². The standard InChI is InChI=1S/C20H21N5O2/c1-11-9-19-21-12(2)16(13(3)25(19)24-11)6-8-20(26)23-15-5-7-18-17(10-15)22-14(4)27-18/h5,7,9-10H,6,8H2,1-4H3,(H,23,26). The zero-order valence-corrected chi connectivity index (χ0v) is 15.8. The number of aromatic nitrogens is 4. The van der Waals surface area contributed by atoms with E-state index in [2.05, 4.69) is 20.4 Å². The van der Waals surface area contributed by atoms with E-state index in [0.29, 0.717) is 30.0 Å². The number of aryl methyl sites for hydroxylation is 4. The Balaban J connectivity index is 1.49. The summed E-state index contributed by atoms with van der Waals surface area (Å²) in [7, 11) is 0. The normalized spacial score (nSPS) is 11.4. The van der Waals surface area contributed by atoms with Crippen LogP contribution in [0.15, 0.2) is 28.7 Å². The number of hydrogen-bond donors (Lipinski definition) is 1. The fraction of sp³-hybridized carbons (Fsp3) is 0.300. The summed E-state index contributed by atoms with van der Waals surface area (Å²) in [6.07, 6.45) is 0.974. The lowest BCUT2D eigenvalue weighted by Gasteiger charge is -2.11. The lowest BCUT2D eigenvalue weighted by Crippen LogP contribution is -2.14. The molecule has 0 radical (unpaired) electrons. The van der Waals surface area contributed by atoms with Gasteiger partial charge >= 0.3 is 0 Å². The van der Waals surface area contributed by atoms with E-state index in [4.69, 9.17) is 4.42 Å². The van der Waals surface area contributed by atoms with Gasteiger partial charge in [-0.15, -0.1) is 0 Å². The molecule has 0 aliphatic heterocycles. The molecule has 0 saturated heterocycles. The van der Waals surface area contributed by atoms with Crippen LogP contribution < -0.4 is 5.32 Å². The third-order valence-electron chi connectivity index (χ3n) is 4.67. The molecule has 3 aromatic heterocycles. The van der Waals surface area contributed by atoms with Gasteiger partial charge in [0.05, 0.1) is 5.69 Å². The number of rotatable bonds is 4. The summed E-state index contributed by atoms with van der Waals surface area (Å²) in [6, 6.07) is 7.41. The maximum atomic E-state index is 12.4. The van der Waals surface area contributed by atoms with Crippen LogP contribution in [-0.4, -0.2) is 25.5 Å². The van der Waals surface area contributed by atoms with Crippen LogP contribution in [-0.2, 0) is 11.2 Å². The third kappa shape index (κ3) is 3.28. The number of fused-ring (bicyclic) bond motifs is 2. The Morgan fingerprint density at radius 3 is 2.78 bits per heavy atom. The first-order chi connectivity index (χ1) is 12.9. The van der Waals surface area contributed by atoms with E-state index in [1.54, 1.807) is 6.92 Å². The van der Waals surface area contributed by atoms with E-state index in [-0.39, 0.29) is 5.91 Å². The van der Waals surface area contributed by atoms with Crippen LogP contribution in [0.25, 0.3) is 16.7 Å². The monoisotopic (exact) mass is 363 g/mol. The van der Waals surface area contributed by atoms with Gasteiger partial charge in [0.25, 0.3) is 0 Å². The molecule has 0 spiro atoms. The van der Waals surface area contributed by atoms with Crippen LogP contribution in [0.4, 0.5) is 5.69 Å². The molecule has 1 amide bonds. The molecule has 0 fully saturated rings. The minimum atomic E-state index is -0.0508. The van der Waals surface area contributed by atoms with Gasteiger partial charge in [-0.2, -0.15) is 5.10 Å². The average Bonchev–Trinajstić information content (AvgIpc) is 3.15. The van der Waals surface area contributed by atoms with Gasteiger partial charge in [-0.1, -0.05) is 0 Å². The minimum absolute atomic E-state index is 0.0508. The highest BCUT2D eigenvalue weighted by atomic mass is 16.3. The summed E-state index contributed by atoms with van der Waals surface area (Å²) in [5, 5.41) is 7.41. The summed E-state index contributed by atoms with van der Waals surface area (Å²) in [4.78, 5) is 21.3. The molecule has 1 N–H and O–H groups in total. The second-order valence-electron chi connectivity index (χ2n) is 6.78. The molecule has 0 aliphatic rings. The molecule has 0 aliphatic carbocycles. The van der Waals surface area contributed by atoms with E-state index in [1.165, 1.54) is 0 Å². The molecule has 0 bridgehead atoms. The highest BCUT2D eigenvalue weighted by molar-refractivity contribution is 5.92. The first-order valence-corrected chi connectivity index (χ1v) is 8.90. The Kier molecular flexibility index (Phi) is 4.14. The van der Waals surface area contributed by atoms with Gasteiger partial charge in [0, 0.05) is 36.5 Å². The molecule has 4 aromatic rings. The summed E-state index contributed by atoms with van der Waals surface area (Å²) in [5.74, 6) is 0.557. The Labute approximate surface area is 156 Å². The third-order valence-corrected chi connectivity index (χ3v) is 4.67. The maximum absolute atomic E-state index is 12.4. The summed E-state index contributed by atoms with van der Waals surface area (Å²) >= 11 is 0. The summed E-state index contributed by atoms with van der Waals surface area (Å²) < 4.78 is 7.30. The Bertz CT molecular complexity index is 1170. The van der Waals surface area contributed by atoms with Crippen molar-refractivity contribution in [3.8, 4) is 0 Å². The van der Waals surface area contributed by atoms with Crippen molar-refractivity contribution < 1.29 is 9.21 Å². The second kappa shape index (κ2) is 6.50. The number of nitrogens with zero attached hydrogens (tertiary/aromatic N) is 4. The zero-order chi connectivity index (χ0) is 19.1. The second-order valence-corrected chi connectivity index (χ2v) is 6.78. The number of hydrogen-bond acceptors (Lipinski definition) is 5. The predicted molar refractivity (Wildman–Crippen MR) is 103 cm³/mol. The molecule has 7 nitrogen and oxygen atoms in total. The number of carbonyl (C=O) groups is 1. The van der Waals surface area contributed by atoms with Crippen molar-refractivity contribution in [1.29, 1.82) is 0 Å². The van der Waals surface area contributed by atoms with E-state index in [9.17, 15) is 4.79 Å².